The summed E-state index contributed by atoms with van der Waals surface area (Å²) in [6, 6.07) is 7.02. The van der Waals surface area contributed by atoms with Gasteiger partial charge in [-0.2, -0.15) is 5.26 Å². The van der Waals surface area contributed by atoms with Gasteiger partial charge in [0.1, 0.15) is 5.75 Å². The van der Waals surface area contributed by atoms with Gasteiger partial charge in [-0.25, -0.2) is 0 Å². The molecule has 0 aliphatic heterocycles. The Morgan fingerprint density at radius 1 is 1.50 bits per heavy atom. The zero-order valence-corrected chi connectivity index (χ0v) is 10.4. The van der Waals surface area contributed by atoms with Crippen LogP contribution in [0.4, 0.5) is 5.69 Å². The summed E-state index contributed by atoms with van der Waals surface area (Å²) >= 11 is 0. The standard InChI is InChI=1S/C13H17N3O2/c1-18-10-5-6-12(15)11(9-10)13(17)16-8-4-2-3-7-14/h5-6,9H,2-4,8,15H2,1H3,(H,16,17). The van der Waals surface area contributed by atoms with E-state index < -0.39 is 0 Å². The summed E-state index contributed by atoms with van der Waals surface area (Å²) in [5, 5.41) is 11.1. The van der Waals surface area contributed by atoms with Crippen LogP contribution < -0.4 is 15.8 Å². The van der Waals surface area contributed by atoms with Gasteiger partial charge in [-0.05, 0) is 31.0 Å². The minimum absolute atomic E-state index is 0.219. The highest BCUT2D eigenvalue weighted by Crippen LogP contribution is 2.19. The highest BCUT2D eigenvalue weighted by atomic mass is 16.5. The van der Waals surface area contributed by atoms with Crippen molar-refractivity contribution in [1.82, 2.24) is 5.32 Å². The molecule has 96 valence electrons. The molecule has 0 aromatic heterocycles. The molecule has 0 atom stereocenters. The first-order valence-electron chi connectivity index (χ1n) is 5.77. The third-order valence-corrected chi connectivity index (χ3v) is 2.51. The van der Waals surface area contributed by atoms with E-state index in [2.05, 4.69) is 11.4 Å². The number of nitrogens with zero attached hydrogens (tertiary/aromatic N) is 1. The Bertz CT molecular complexity index is 452. The number of unbranched alkanes of at least 4 members (excludes halogenated alkanes) is 2. The van der Waals surface area contributed by atoms with Crippen LogP contribution in [0.1, 0.15) is 29.6 Å². The largest absolute Gasteiger partial charge is 0.497 e. The molecule has 18 heavy (non-hydrogen) atoms. The average molecular weight is 247 g/mol. The maximum atomic E-state index is 11.9. The molecule has 0 saturated heterocycles. The van der Waals surface area contributed by atoms with Crippen molar-refractivity contribution in [2.24, 2.45) is 0 Å². The van der Waals surface area contributed by atoms with Crippen LogP contribution in [0.2, 0.25) is 0 Å². The van der Waals surface area contributed by atoms with Crippen molar-refractivity contribution in [1.29, 1.82) is 5.26 Å². The molecule has 0 unspecified atom stereocenters. The number of amides is 1. The molecule has 0 fully saturated rings. The lowest BCUT2D eigenvalue weighted by molar-refractivity contribution is 0.0953. The molecule has 0 bridgehead atoms. The van der Waals surface area contributed by atoms with E-state index in [0.29, 0.717) is 30.0 Å². The molecular weight excluding hydrogens is 230 g/mol. The number of nitrogens with one attached hydrogen (secondary N) is 1. The number of nitrogen functional groups attached to an aromatic ring is 1. The van der Waals surface area contributed by atoms with Gasteiger partial charge in [0, 0.05) is 18.7 Å². The first-order chi connectivity index (χ1) is 8.69. The summed E-state index contributed by atoms with van der Waals surface area (Å²) in [5.41, 5.74) is 6.57. The van der Waals surface area contributed by atoms with Gasteiger partial charge in [-0.3, -0.25) is 4.79 Å². The van der Waals surface area contributed by atoms with Gasteiger partial charge < -0.3 is 15.8 Å². The highest BCUT2D eigenvalue weighted by Gasteiger charge is 2.10. The lowest BCUT2D eigenvalue weighted by Crippen LogP contribution is -2.25. The monoisotopic (exact) mass is 247 g/mol. The quantitative estimate of drug-likeness (QED) is 0.591. The van der Waals surface area contributed by atoms with E-state index in [1.807, 2.05) is 0 Å². The van der Waals surface area contributed by atoms with Crippen LogP contribution in [0.25, 0.3) is 0 Å². The van der Waals surface area contributed by atoms with Gasteiger partial charge in [0.25, 0.3) is 5.91 Å². The van der Waals surface area contributed by atoms with Crippen LogP contribution >= 0.6 is 0 Å². The van der Waals surface area contributed by atoms with Crippen molar-refractivity contribution in [3.05, 3.63) is 23.8 Å². The van der Waals surface area contributed by atoms with Crippen molar-refractivity contribution >= 4 is 11.6 Å². The Hall–Kier alpha value is -2.22. The SMILES string of the molecule is COc1ccc(N)c(C(=O)NCCCCC#N)c1. The van der Waals surface area contributed by atoms with Crippen molar-refractivity contribution in [2.75, 3.05) is 19.4 Å². The van der Waals surface area contributed by atoms with Crippen LogP contribution in [-0.4, -0.2) is 19.6 Å². The molecule has 1 rings (SSSR count). The summed E-state index contributed by atoms with van der Waals surface area (Å²) in [6.07, 6.45) is 2.07. The lowest BCUT2D eigenvalue weighted by atomic mass is 10.1. The summed E-state index contributed by atoms with van der Waals surface area (Å²) in [5.74, 6) is 0.377. The van der Waals surface area contributed by atoms with E-state index in [-0.39, 0.29) is 5.91 Å². The number of methoxy groups -OCH3 is 1. The minimum Gasteiger partial charge on any atom is -0.497 e. The lowest BCUT2D eigenvalue weighted by Gasteiger charge is -2.08. The smallest absolute Gasteiger partial charge is 0.253 e. The van der Waals surface area contributed by atoms with E-state index in [4.69, 9.17) is 15.7 Å². The van der Waals surface area contributed by atoms with Gasteiger partial charge in [0.2, 0.25) is 0 Å². The van der Waals surface area contributed by atoms with Crippen LogP contribution in [0, 0.1) is 11.3 Å². The Morgan fingerprint density at radius 3 is 2.94 bits per heavy atom. The molecule has 0 aliphatic rings. The number of benzene rings is 1. The second-order valence-corrected chi connectivity index (χ2v) is 3.82. The third kappa shape index (κ3) is 3.98. The molecule has 0 spiro atoms. The van der Waals surface area contributed by atoms with Gasteiger partial charge in [-0.1, -0.05) is 0 Å². The maximum absolute atomic E-state index is 11.9. The average Bonchev–Trinajstić information content (AvgIpc) is 2.39. The Labute approximate surface area is 107 Å². The van der Waals surface area contributed by atoms with Gasteiger partial charge >= 0.3 is 0 Å². The minimum atomic E-state index is -0.219. The van der Waals surface area contributed by atoms with Gasteiger partial charge in [-0.15, -0.1) is 0 Å². The van der Waals surface area contributed by atoms with Crippen molar-refractivity contribution < 1.29 is 9.53 Å². The summed E-state index contributed by atoms with van der Waals surface area (Å²) in [6.45, 7) is 0.539. The van der Waals surface area contributed by atoms with Crippen molar-refractivity contribution in [3.63, 3.8) is 0 Å². The van der Waals surface area contributed by atoms with E-state index in [9.17, 15) is 4.79 Å². The summed E-state index contributed by atoms with van der Waals surface area (Å²) in [4.78, 5) is 11.9. The molecule has 0 saturated carbocycles. The Morgan fingerprint density at radius 2 is 2.28 bits per heavy atom. The highest BCUT2D eigenvalue weighted by molar-refractivity contribution is 5.99. The molecule has 1 aromatic rings. The van der Waals surface area contributed by atoms with Crippen molar-refractivity contribution in [3.8, 4) is 11.8 Å². The first kappa shape index (κ1) is 13.8. The third-order valence-electron chi connectivity index (χ3n) is 2.51. The summed E-state index contributed by atoms with van der Waals surface area (Å²) in [7, 11) is 1.54. The van der Waals surface area contributed by atoms with E-state index in [1.54, 1.807) is 18.2 Å². The molecule has 5 heteroatoms. The molecule has 5 nitrogen and oxygen atoms in total. The Balaban J connectivity index is 2.53. The number of rotatable bonds is 6. The predicted molar refractivity (Wildman–Crippen MR) is 69.2 cm³/mol. The molecular formula is C13H17N3O2. The first-order valence-corrected chi connectivity index (χ1v) is 5.77. The van der Waals surface area contributed by atoms with Gasteiger partial charge in [0.05, 0.1) is 18.7 Å². The van der Waals surface area contributed by atoms with E-state index in [0.717, 1.165) is 12.8 Å². The molecule has 3 N–H and O–H groups in total. The number of hydrogen-bond donors (Lipinski definition) is 2. The molecule has 0 radical (unpaired) electrons. The fraction of sp³-hybridized carbons (Fsp3) is 0.385. The van der Waals surface area contributed by atoms with Crippen LogP contribution in [0.15, 0.2) is 18.2 Å². The van der Waals surface area contributed by atoms with Crippen LogP contribution in [0.5, 0.6) is 5.75 Å². The van der Waals surface area contributed by atoms with E-state index in [1.165, 1.54) is 7.11 Å². The number of nitrogens with two attached hydrogens (primary N) is 1. The molecule has 1 aromatic carbocycles. The second kappa shape index (κ2) is 7.17. The predicted octanol–water partition coefficient (Wildman–Crippen LogP) is 1.70. The number of nitriles is 1. The molecule has 0 aliphatic carbocycles. The maximum Gasteiger partial charge on any atom is 0.253 e. The second-order valence-electron chi connectivity index (χ2n) is 3.82. The fourth-order valence-electron chi connectivity index (χ4n) is 1.49. The summed E-state index contributed by atoms with van der Waals surface area (Å²) < 4.78 is 5.05. The zero-order valence-electron chi connectivity index (χ0n) is 10.4. The molecule has 1 amide bonds. The normalized spacial score (nSPS) is 9.56. The van der Waals surface area contributed by atoms with Crippen LogP contribution in [-0.2, 0) is 0 Å². The van der Waals surface area contributed by atoms with Gasteiger partial charge in [0.15, 0.2) is 0 Å². The Kier molecular flexibility index (Phi) is 5.52. The van der Waals surface area contributed by atoms with E-state index >= 15 is 0 Å². The topological polar surface area (TPSA) is 88.1 Å². The van der Waals surface area contributed by atoms with Crippen molar-refractivity contribution in [2.45, 2.75) is 19.3 Å². The number of anilines is 1. The van der Waals surface area contributed by atoms with Crippen LogP contribution in [0.3, 0.4) is 0 Å². The number of carbonyl (C=O) groups excluding carboxylic acids is 1. The number of hydrogen-bond acceptors (Lipinski definition) is 4. The molecule has 0 heterocycles. The number of carbonyl (C=O) groups is 1. The zero-order chi connectivity index (χ0) is 13.4. The fourth-order valence-corrected chi connectivity index (χ4v) is 1.49. The number of ether oxygens (including phenoxy) is 1.